The highest BCUT2D eigenvalue weighted by Gasteiger charge is 2.45. The van der Waals surface area contributed by atoms with Crippen LogP contribution >= 0.6 is 34.4 Å². The van der Waals surface area contributed by atoms with Gasteiger partial charge in [-0.2, -0.15) is 4.31 Å². The number of ketones is 1. The Bertz CT molecular complexity index is 1140. The molecule has 1 amide bonds. The molecule has 172 valence electrons. The maximum Gasteiger partial charge on any atom is 0.264 e. The van der Waals surface area contributed by atoms with Crippen LogP contribution in [-0.2, 0) is 16.4 Å². The molecule has 2 saturated heterocycles. The first-order valence-electron chi connectivity index (χ1n) is 10.9. The average molecular weight is 511 g/mol. The van der Waals surface area contributed by atoms with Crippen molar-refractivity contribution in [3.8, 4) is 0 Å². The lowest BCUT2D eigenvalue weighted by Crippen LogP contribution is -2.44. The number of thiophene rings is 2. The van der Waals surface area contributed by atoms with Crippen LogP contribution in [0.1, 0.15) is 57.7 Å². The Hall–Kier alpha value is -1.20. The molecule has 0 saturated carbocycles. The first-order chi connectivity index (χ1) is 15.3. The van der Waals surface area contributed by atoms with Crippen molar-refractivity contribution < 1.29 is 18.0 Å². The number of hydrogen-bond donors (Lipinski definition) is 0. The standard InChI is InChI=1S/C22H26N2O4S4/c1-29-21-18-15(4-2-5-16(18)25)19(31-21)20(26)23-10-7-22(14-23)8-11-24(12-9-22)32(27,28)17-6-3-13-30-17/h3,6,13H,2,4-5,7-12,14H2,1H3. The second kappa shape index (κ2) is 8.54. The monoisotopic (exact) mass is 510 g/mol. The number of thioether (sulfide) groups is 1. The topological polar surface area (TPSA) is 74.8 Å². The van der Waals surface area contributed by atoms with E-state index in [1.54, 1.807) is 33.6 Å². The van der Waals surface area contributed by atoms with Crippen molar-refractivity contribution in [1.29, 1.82) is 0 Å². The Labute approximate surface area is 201 Å². The van der Waals surface area contributed by atoms with Crippen molar-refractivity contribution in [3.05, 3.63) is 33.5 Å². The van der Waals surface area contributed by atoms with Crippen LogP contribution in [0.5, 0.6) is 0 Å². The van der Waals surface area contributed by atoms with E-state index in [0.717, 1.165) is 52.3 Å². The van der Waals surface area contributed by atoms with Gasteiger partial charge in [-0.15, -0.1) is 34.4 Å². The Morgan fingerprint density at radius 1 is 1.16 bits per heavy atom. The molecule has 1 spiro atoms. The van der Waals surface area contributed by atoms with E-state index < -0.39 is 10.0 Å². The molecule has 0 radical (unpaired) electrons. The molecule has 2 fully saturated rings. The smallest absolute Gasteiger partial charge is 0.264 e. The quantitative estimate of drug-likeness (QED) is 0.571. The van der Waals surface area contributed by atoms with E-state index in [9.17, 15) is 18.0 Å². The van der Waals surface area contributed by atoms with E-state index in [1.165, 1.54) is 22.7 Å². The molecule has 0 bridgehead atoms. The van der Waals surface area contributed by atoms with Gasteiger partial charge in [-0.3, -0.25) is 9.59 Å². The number of likely N-dealkylation sites (tertiary alicyclic amines) is 1. The van der Waals surface area contributed by atoms with Gasteiger partial charge in [0.05, 0.1) is 9.09 Å². The summed E-state index contributed by atoms with van der Waals surface area (Å²) in [6, 6.07) is 3.43. The summed E-state index contributed by atoms with van der Waals surface area (Å²) in [5.74, 6) is 0.217. The van der Waals surface area contributed by atoms with Crippen LogP contribution in [0.4, 0.5) is 0 Å². The molecule has 10 heteroatoms. The molecule has 2 aromatic heterocycles. The van der Waals surface area contributed by atoms with Crippen LogP contribution in [-0.4, -0.2) is 61.7 Å². The fourth-order valence-corrected chi connectivity index (χ4v) is 9.91. The van der Waals surface area contributed by atoms with Gasteiger partial charge >= 0.3 is 0 Å². The van der Waals surface area contributed by atoms with Crippen molar-refractivity contribution in [1.82, 2.24) is 9.21 Å². The molecule has 6 nitrogen and oxygen atoms in total. The van der Waals surface area contributed by atoms with Crippen molar-refractivity contribution in [2.45, 2.75) is 46.9 Å². The molecular formula is C22H26N2O4S4. The second-order valence-electron chi connectivity index (χ2n) is 8.87. The summed E-state index contributed by atoms with van der Waals surface area (Å²) in [6.07, 6.45) is 6.61. The van der Waals surface area contributed by atoms with Crippen LogP contribution in [0, 0.1) is 5.41 Å². The second-order valence-corrected chi connectivity index (χ2v) is 14.1. The molecule has 0 atom stereocenters. The number of hydrogen-bond acceptors (Lipinski definition) is 7. The first kappa shape index (κ1) is 22.6. The number of carbonyl (C=O) groups is 2. The molecular weight excluding hydrogens is 485 g/mol. The highest BCUT2D eigenvalue weighted by molar-refractivity contribution is 8.00. The van der Waals surface area contributed by atoms with Crippen LogP contribution in [0.2, 0.25) is 0 Å². The third-order valence-electron chi connectivity index (χ3n) is 7.06. The Morgan fingerprint density at radius 2 is 1.91 bits per heavy atom. The van der Waals surface area contributed by atoms with Crippen molar-refractivity contribution >= 4 is 56.1 Å². The number of rotatable bonds is 4. The Morgan fingerprint density at radius 3 is 2.59 bits per heavy atom. The molecule has 3 aliphatic rings. The predicted octanol–water partition coefficient (Wildman–Crippen LogP) is 4.37. The van der Waals surface area contributed by atoms with E-state index in [1.807, 2.05) is 11.2 Å². The van der Waals surface area contributed by atoms with Crippen LogP contribution in [0.25, 0.3) is 0 Å². The summed E-state index contributed by atoms with van der Waals surface area (Å²) in [5, 5.41) is 1.79. The zero-order valence-electron chi connectivity index (χ0n) is 18.0. The van der Waals surface area contributed by atoms with Gasteiger partial charge in [0.25, 0.3) is 15.9 Å². The summed E-state index contributed by atoms with van der Waals surface area (Å²) in [7, 11) is -3.41. The molecule has 2 aromatic rings. The summed E-state index contributed by atoms with van der Waals surface area (Å²) >= 11 is 4.29. The zero-order chi connectivity index (χ0) is 22.5. The molecule has 0 aromatic carbocycles. The van der Waals surface area contributed by atoms with Gasteiger partial charge in [-0.25, -0.2) is 8.42 Å². The SMILES string of the molecule is CSc1sc(C(=O)N2CCC3(CCN(S(=O)(=O)c4cccs4)CC3)C2)c2c1C(=O)CCC2. The van der Waals surface area contributed by atoms with Crippen LogP contribution in [0.3, 0.4) is 0 Å². The fraction of sp³-hybridized carbons (Fsp3) is 0.545. The van der Waals surface area contributed by atoms with Gasteiger partial charge in [0.2, 0.25) is 0 Å². The van der Waals surface area contributed by atoms with E-state index in [-0.39, 0.29) is 17.1 Å². The van der Waals surface area contributed by atoms with Crippen molar-refractivity contribution in [2.75, 3.05) is 32.4 Å². The number of nitrogens with zero attached hydrogens (tertiary/aromatic N) is 2. The molecule has 2 aliphatic heterocycles. The lowest BCUT2D eigenvalue weighted by atomic mass is 9.78. The predicted molar refractivity (Wildman–Crippen MR) is 129 cm³/mol. The molecule has 0 unspecified atom stereocenters. The fourth-order valence-electron chi connectivity index (χ4n) is 5.23. The number of carbonyl (C=O) groups excluding carboxylic acids is 2. The third-order valence-corrected chi connectivity index (χ3v) is 12.7. The molecule has 5 rings (SSSR count). The Balaban J connectivity index is 1.30. The number of amides is 1. The maximum absolute atomic E-state index is 13.5. The van der Waals surface area contributed by atoms with Gasteiger partial charge in [-0.05, 0) is 60.8 Å². The van der Waals surface area contributed by atoms with Crippen LogP contribution in [0.15, 0.2) is 25.9 Å². The van der Waals surface area contributed by atoms with Crippen LogP contribution < -0.4 is 0 Å². The van der Waals surface area contributed by atoms with E-state index in [4.69, 9.17) is 0 Å². The van der Waals surface area contributed by atoms with Gasteiger partial charge in [0.1, 0.15) is 4.21 Å². The van der Waals surface area contributed by atoms with Gasteiger partial charge < -0.3 is 4.90 Å². The Kier molecular flexibility index (Phi) is 6.03. The van der Waals surface area contributed by atoms with E-state index in [2.05, 4.69) is 0 Å². The molecule has 1 aliphatic carbocycles. The maximum atomic E-state index is 13.5. The van der Waals surface area contributed by atoms with Gasteiger partial charge in [0, 0.05) is 38.2 Å². The van der Waals surface area contributed by atoms with Gasteiger partial charge in [-0.1, -0.05) is 6.07 Å². The highest BCUT2D eigenvalue weighted by Crippen LogP contribution is 2.44. The minimum atomic E-state index is -3.41. The highest BCUT2D eigenvalue weighted by atomic mass is 32.2. The number of fused-ring (bicyclic) bond motifs is 1. The number of piperidine rings is 1. The third kappa shape index (κ3) is 3.77. The largest absolute Gasteiger partial charge is 0.337 e. The summed E-state index contributed by atoms with van der Waals surface area (Å²) in [4.78, 5) is 28.6. The lowest BCUT2D eigenvalue weighted by Gasteiger charge is -2.38. The van der Waals surface area contributed by atoms with Gasteiger partial charge in [0.15, 0.2) is 5.78 Å². The molecule has 0 N–H and O–H groups in total. The summed E-state index contributed by atoms with van der Waals surface area (Å²) in [6.45, 7) is 2.38. The average Bonchev–Trinajstić information content (AvgIpc) is 3.53. The molecule has 32 heavy (non-hydrogen) atoms. The number of sulfonamides is 1. The lowest BCUT2D eigenvalue weighted by molar-refractivity contribution is 0.0754. The number of Topliss-reactive ketones (excluding diaryl/α,β-unsaturated/α-hetero) is 1. The minimum absolute atomic E-state index is 0.00733. The van der Waals surface area contributed by atoms with E-state index >= 15 is 0 Å². The first-order valence-corrected chi connectivity index (χ1v) is 15.3. The summed E-state index contributed by atoms with van der Waals surface area (Å²) < 4.78 is 28.7. The van der Waals surface area contributed by atoms with Crippen molar-refractivity contribution in [3.63, 3.8) is 0 Å². The van der Waals surface area contributed by atoms with Crippen molar-refractivity contribution in [2.24, 2.45) is 5.41 Å². The summed E-state index contributed by atoms with van der Waals surface area (Å²) in [5.41, 5.74) is 1.74. The zero-order valence-corrected chi connectivity index (χ0v) is 21.2. The molecule has 4 heterocycles. The normalized spacial score (nSPS) is 21.3. The minimum Gasteiger partial charge on any atom is -0.337 e. The van der Waals surface area contributed by atoms with E-state index in [0.29, 0.717) is 36.8 Å².